The van der Waals surface area contributed by atoms with Crippen LogP contribution in [0.15, 0.2) is 35.2 Å². The molecule has 0 aliphatic heterocycles. The molecule has 1 N–H and O–H groups in total. The van der Waals surface area contributed by atoms with E-state index in [1.165, 1.54) is 11.8 Å². The van der Waals surface area contributed by atoms with Gasteiger partial charge in [-0.15, -0.1) is 11.8 Å². The summed E-state index contributed by atoms with van der Waals surface area (Å²) in [6.07, 6.45) is -0.421. The summed E-state index contributed by atoms with van der Waals surface area (Å²) >= 11 is 1.50. The summed E-state index contributed by atoms with van der Waals surface area (Å²) in [7, 11) is 3.10. The fourth-order valence-corrected chi connectivity index (χ4v) is 2.26. The number of hydrogen-bond acceptors (Lipinski definition) is 4. The molecule has 18 heavy (non-hydrogen) atoms. The smallest absolute Gasteiger partial charge is 0.230 e. The number of methoxy groups -OCH3 is 2. The second kappa shape index (κ2) is 8.13. The Labute approximate surface area is 112 Å². The average Bonchev–Trinajstić information content (AvgIpc) is 2.39. The van der Waals surface area contributed by atoms with Crippen LogP contribution in [0, 0.1) is 0 Å². The predicted molar refractivity (Wildman–Crippen MR) is 72.6 cm³/mol. The van der Waals surface area contributed by atoms with E-state index in [2.05, 4.69) is 5.32 Å². The summed E-state index contributed by atoms with van der Waals surface area (Å²) in [4.78, 5) is 12.8. The van der Waals surface area contributed by atoms with E-state index in [1.807, 2.05) is 37.3 Å². The largest absolute Gasteiger partial charge is 0.354 e. The lowest BCUT2D eigenvalue weighted by Gasteiger charge is -2.21. The third-order valence-corrected chi connectivity index (χ3v) is 3.39. The molecule has 0 saturated carbocycles. The molecule has 0 saturated heterocycles. The molecule has 1 aromatic rings. The third kappa shape index (κ3) is 5.08. The number of amides is 1. The normalized spacial score (nSPS) is 12.4. The van der Waals surface area contributed by atoms with Gasteiger partial charge in [0.25, 0.3) is 0 Å². The molecule has 1 rings (SSSR count). The van der Waals surface area contributed by atoms with E-state index in [9.17, 15) is 4.79 Å². The van der Waals surface area contributed by atoms with Crippen molar-refractivity contribution in [3.63, 3.8) is 0 Å². The molecular formula is C13H19NO3S. The van der Waals surface area contributed by atoms with Gasteiger partial charge < -0.3 is 14.8 Å². The van der Waals surface area contributed by atoms with Gasteiger partial charge in [0.05, 0.1) is 11.8 Å². The topological polar surface area (TPSA) is 47.6 Å². The number of thioether (sulfide) groups is 1. The zero-order valence-corrected chi connectivity index (χ0v) is 11.7. The minimum absolute atomic E-state index is 0.0320. The molecule has 0 aromatic heterocycles. The molecule has 0 heterocycles. The summed E-state index contributed by atoms with van der Waals surface area (Å²) < 4.78 is 10.2. The van der Waals surface area contributed by atoms with Crippen molar-refractivity contribution >= 4 is 17.7 Å². The van der Waals surface area contributed by atoms with Gasteiger partial charge in [0.1, 0.15) is 0 Å². The van der Waals surface area contributed by atoms with Gasteiger partial charge in [-0.25, -0.2) is 0 Å². The van der Waals surface area contributed by atoms with Crippen molar-refractivity contribution in [2.24, 2.45) is 0 Å². The summed E-state index contributed by atoms with van der Waals surface area (Å²) in [6.45, 7) is 1.85. The number of nitrogens with one attached hydrogen (secondary N) is 1. The number of hydrogen-bond donors (Lipinski definition) is 1. The number of benzene rings is 1. The van der Waals surface area contributed by atoms with E-state index in [4.69, 9.17) is 9.47 Å². The molecule has 100 valence electrons. The zero-order chi connectivity index (χ0) is 13.4. The first-order valence-electron chi connectivity index (χ1n) is 5.70. The van der Waals surface area contributed by atoms with Crippen molar-refractivity contribution in [1.82, 2.24) is 5.32 Å². The lowest BCUT2D eigenvalue weighted by Crippen LogP contribution is -2.43. The van der Waals surface area contributed by atoms with Crippen molar-refractivity contribution in [2.45, 2.75) is 24.2 Å². The molecular weight excluding hydrogens is 250 g/mol. The van der Waals surface area contributed by atoms with Crippen molar-refractivity contribution in [1.29, 1.82) is 0 Å². The van der Waals surface area contributed by atoms with Crippen LogP contribution < -0.4 is 5.32 Å². The molecule has 4 nitrogen and oxygen atoms in total. The highest BCUT2D eigenvalue weighted by Gasteiger charge is 2.17. The monoisotopic (exact) mass is 269 g/mol. The Bertz CT molecular complexity index is 355. The maximum absolute atomic E-state index is 11.7. The van der Waals surface area contributed by atoms with E-state index in [0.717, 1.165) is 4.90 Å². The van der Waals surface area contributed by atoms with E-state index in [1.54, 1.807) is 14.2 Å². The van der Waals surface area contributed by atoms with Crippen LogP contribution in [0.3, 0.4) is 0 Å². The summed E-state index contributed by atoms with van der Waals surface area (Å²) in [5, 5.41) is 2.84. The fraction of sp³-hybridized carbons (Fsp3) is 0.462. The molecule has 0 bridgehead atoms. The Kier molecular flexibility index (Phi) is 6.78. The van der Waals surface area contributed by atoms with Crippen molar-refractivity contribution < 1.29 is 14.3 Å². The minimum Gasteiger partial charge on any atom is -0.354 e. The van der Waals surface area contributed by atoms with Crippen LogP contribution >= 0.6 is 11.8 Å². The van der Waals surface area contributed by atoms with Gasteiger partial charge in [0.15, 0.2) is 6.29 Å². The third-order valence-electron chi connectivity index (χ3n) is 2.37. The van der Waals surface area contributed by atoms with Crippen LogP contribution in [-0.4, -0.2) is 38.2 Å². The molecule has 0 spiro atoms. The van der Waals surface area contributed by atoms with Gasteiger partial charge in [-0.3, -0.25) is 4.79 Å². The van der Waals surface area contributed by atoms with E-state index >= 15 is 0 Å². The van der Waals surface area contributed by atoms with Gasteiger partial charge in [-0.1, -0.05) is 18.2 Å². The van der Waals surface area contributed by atoms with Crippen LogP contribution in [0.1, 0.15) is 6.92 Å². The molecule has 1 unspecified atom stereocenters. The van der Waals surface area contributed by atoms with Gasteiger partial charge in [-0.2, -0.15) is 0 Å². The number of ether oxygens (including phenoxy) is 2. The molecule has 0 fully saturated rings. The van der Waals surface area contributed by atoms with Gasteiger partial charge in [0, 0.05) is 19.1 Å². The number of carbonyl (C=O) groups excluding carboxylic acids is 1. The van der Waals surface area contributed by atoms with Crippen LogP contribution in [0.25, 0.3) is 0 Å². The maximum Gasteiger partial charge on any atom is 0.230 e. The Hall–Kier alpha value is -1.04. The van der Waals surface area contributed by atoms with E-state index in [0.29, 0.717) is 5.75 Å². The Morgan fingerprint density at radius 3 is 2.44 bits per heavy atom. The van der Waals surface area contributed by atoms with Crippen molar-refractivity contribution in [3.05, 3.63) is 30.3 Å². The highest BCUT2D eigenvalue weighted by atomic mass is 32.2. The molecule has 0 radical (unpaired) electrons. The minimum atomic E-state index is -0.421. The number of rotatable bonds is 7. The molecule has 0 aliphatic rings. The average molecular weight is 269 g/mol. The summed E-state index contributed by atoms with van der Waals surface area (Å²) in [6, 6.07) is 9.64. The van der Waals surface area contributed by atoms with Crippen LogP contribution in [-0.2, 0) is 14.3 Å². The van der Waals surface area contributed by atoms with Crippen molar-refractivity contribution in [2.75, 3.05) is 20.0 Å². The second-order valence-corrected chi connectivity index (χ2v) is 4.85. The molecule has 1 atom stereocenters. The Morgan fingerprint density at radius 2 is 1.89 bits per heavy atom. The van der Waals surface area contributed by atoms with E-state index < -0.39 is 6.29 Å². The first-order valence-corrected chi connectivity index (χ1v) is 6.68. The Morgan fingerprint density at radius 1 is 1.28 bits per heavy atom. The number of carbonyl (C=O) groups is 1. The van der Waals surface area contributed by atoms with Gasteiger partial charge in [0.2, 0.25) is 5.91 Å². The van der Waals surface area contributed by atoms with Crippen molar-refractivity contribution in [3.8, 4) is 0 Å². The first-order chi connectivity index (χ1) is 8.67. The van der Waals surface area contributed by atoms with E-state index in [-0.39, 0.29) is 11.9 Å². The summed E-state index contributed by atoms with van der Waals surface area (Å²) in [5.74, 6) is 0.351. The van der Waals surface area contributed by atoms with Crippen LogP contribution in [0.4, 0.5) is 0 Å². The molecule has 5 heteroatoms. The van der Waals surface area contributed by atoms with Crippen LogP contribution in [0.2, 0.25) is 0 Å². The molecule has 0 aliphatic carbocycles. The van der Waals surface area contributed by atoms with Gasteiger partial charge >= 0.3 is 0 Å². The molecule has 1 aromatic carbocycles. The highest BCUT2D eigenvalue weighted by Crippen LogP contribution is 2.16. The SMILES string of the molecule is COC(OC)C(C)NC(=O)CSc1ccccc1. The quantitative estimate of drug-likeness (QED) is 0.607. The molecule has 1 amide bonds. The fourth-order valence-electron chi connectivity index (χ4n) is 1.53. The zero-order valence-electron chi connectivity index (χ0n) is 10.9. The second-order valence-electron chi connectivity index (χ2n) is 3.80. The first kappa shape index (κ1) is 15.0. The lowest BCUT2D eigenvalue weighted by molar-refractivity contribution is -0.134. The summed E-state index contributed by atoms with van der Waals surface area (Å²) in [5.41, 5.74) is 0. The Balaban J connectivity index is 2.33. The van der Waals surface area contributed by atoms with Gasteiger partial charge in [-0.05, 0) is 19.1 Å². The maximum atomic E-state index is 11.7. The lowest BCUT2D eigenvalue weighted by atomic mass is 10.3. The predicted octanol–water partition coefficient (Wildman–Crippen LogP) is 1.90. The van der Waals surface area contributed by atoms with Crippen LogP contribution in [0.5, 0.6) is 0 Å². The highest BCUT2D eigenvalue weighted by molar-refractivity contribution is 8.00. The standard InChI is InChI=1S/C13H19NO3S/c1-10(13(16-2)17-3)14-12(15)9-18-11-7-5-4-6-8-11/h4-8,10,13H,9H2,1-3H3,(H,14,15).